The second-order valence-electron chi connectivity index (χ2n) is 2.94. The van der Waals surface area contributed by atoms with Gasteiger partial charge in [-0.25, -0.2) is 4.98 Å². The Kier molecular flexibility index (Phi) is 3.89. The molecular formula is C10H12ClNO2. The predicted molar refractivity (Wildman–Crippen MR) is 54.3 cm³/mol. The van der Waals surface area contributed by atoms with Crippen LogP contribution in [-0.4, -0.2) is 17.6 Å². The van der Waals surface area contributed by atoms with Gasteiger partial charge in [-0.15, -0.1) is 0 Å². The highest BCUT2D eigenvalue weighted by Crippen LogP contribution is 2.14. The molecule has 14 heavy (non-hydrogen) atoms. The maximum absolute atomic E-state index is 11.2. The van der Waals surface area contributed by atoms with Crippen molar-refractivity contribution in [3.05, 3.63) is 28.5 Å². The van der Waals surface area contributed by atoms with Crippen LogP contribution < -0.4 is 0 Å². The number of hydrogen-bond acceptors (Lipinski definition) is 3. The molecule has 0 atom stereocenters. The number of aryl methyl sites for hydroxylation is 1. The monoisotopic (exact) mass is 213 g/mol. The van der Waals surface area contributed by atoms with Crippen molar-refractivity contribution >= 4 is 17.6 Å². The number of carbonyl (C=O) groups is 1. The normalized spacial score (nSPS) is 9.93. The molecule has 0 bridgehead atoms. The summed E-state index contributed by atoms with van der Waals surface area (Å²) in [5, 5.41) is 0.364. The van der Waals surface area contributed by atoms with Gasteiger partial charge in [0.15, 0.2) is 0 Å². The van der Waals surface area contributed by atoms with Gasteiger partial charge in [0, 0.05) is 11.8 Å². The minimum atomic E-state index is -0.276. The van der Waals surface area contributed by atoms with Crippen molar-refractivity contribution in [1.82, 2.24) is 4.98 Å². The summed E-state index contributed by atoms with van der Waals surface area (Å²) in [6.07, 6.45) is 1.85. The minimum Gasteiger partial charge on any atom is -0.466 e. The van der Waals surface area contributed by atoms with E-state index < -0.39 is 0 Å². The van der Waals surface area contributed by atoms with Gasteiger partial charge < -0.3 is 4.74 Å². The summed E-state index contributed by atoms with van der Waals surface area (Å²) in [5.41, 5.74) is 1.69. The van der Waals surface area contributed by atoms with Crippen LogP contribution >= 0.6 is 11.6 Å². The van der Waals surface area contributed by atoms with E-state index in [4.69, 9.17) is 16.3 Å². The summed E-state index contributed by atoms with van der Waals surface area (Å²) in [6.45, 7) is 4.06. The third-order valence-corrected chi connectivity index (χ3v) is 2.03. The van der Waals surface area contributed by atoms with Crippen LogP contribution in [0.5, 0.6) is 0 Å². The number of nitrogens with zero attached hydrogens (tertiary/aromatic N) is 1. The molecule has 0 aliphatic heterocycles. The number of esters is 1. The number of rotatable bonds is 3. The van der Waals surface area contributed by atoms with Gasteiger partial charge in [-0.3, -0.25) is 4.79 Å². The lowest BCUT2D eigenvalue weighted by molar-refractivity contribution is -0.142. The fourth-order valence-corrected chi connectivity index (χ4v) is 1.27. The largest absolute Gasteiger partial charge is 0.466 e. The van der Waals surface area contributed by atoms with Crippen LogP contribution in [0, 0.1) is 6.92 Å². The Morgan fingerprint density at radius 2 is 2.36 bits per heavy atom. The van der Waals surface area contributed by atoms with E-state index in [-0.39, 0.29) is 12.4 Å². The molecule has 1 aromatic rings. The molecule has 0 saturated carbocycles. The van der Waals surface area contributed by atoms with Crippen LogP contribution in [0.1, 0.15) is 18.1 Å². The fraction of sp³-hybridized carbons (Fsp3) is 0.400. The third kappa shape index (κ3) is 3.00. The third-order valence-electron chi connectivity index (χ3n) is 1.69. The maximum atomic E-state index is 11.2. The van der Waals surface area contributed by atoms with E-state index in [2.05, 4.69) is 4.98 Å². The number of aromatic nitrogens is 1. The van der Waals surface area contributed by atoms with Gasteiger partial charge in [0.2, 0.25) is 0 Å². The van der Waals surface area contributed by atoms with Crippen molar-refractivity contribution in [2.45, 2.75) is 20.3 Å². The van der Waals surface area contributed by atoms with Crippen molar-refractivity contribution in [3.8, 4) is 0 Å². The van der Waals surface area contributed by atoms with E-state index in [1.165, 1.54) is 0 Å². The molecular weight excluding hydrogens is 202 g/mol. The first-order valence-corrected chi connectivity index (χ1v) is 4.78. The molecule has 1 rings (SSSR count). The van der Waals surface area contributed by atoms with E-state index in [0.29, 0.717) is 17.3 Å². The number of hydrogen-bond donors (Lipinski definition) is 0. The number of pyridine rings is 1. The standard InChI is InChI=1S/C10H12ClNO2/c1-3-14-9(13)5-8-4-7(2)6-12-10(8)11/h4,6H,3,5H2,1-2H3. The summed E-state index contributed by atoms with van der Waals surface area (Å²) in [5.74, 6) is -0.276. The summed E-state index contributed by atoms with van der Waals surface area (Å²) < 4.78 is 4.82. The summed E-state index contributed by atoms with van der Waals surface area (Å²) in [6, 6.07) is 1.84. The molecule has 0 amide bonds. The number of halogens is 1. The lowest BCUT2D eigenvalue weighted by Gasteiger charge is -2.04. The van der Waals surface area contributed by atoms with Gasteiger partial charge in [0.25, 0.3) is 0 Å². The van der Waals surface area contributed by atoms with Crippen LogP contribution in [0.15, 0.2) is 12.3 Å². The van der Waals surface area contributed by atoms with Crippen LogP contribution in [-0.2, 0) is 16.0 Å². The molecule has 76 valence electrons. The number of carbonyl (C=O) groups excluding carboxylic acids is 1. The molecule has 1 aromatic heterocycles. The highest BCUT2D eigenvalue weighted by atomic mass is 35.5. The van der Waals surface area contributed by atoms with Gasteiger partial charge in [-0.05, 0) is 19.4 Å². The Morgan fingerprint density at radius 1 is 1.64 bits per heavy atom. The van der Waals surface area contributed by atoms with Gasteiger partial charge in [-0.1, -0.05) is 17.7 Å². The van der Waals surface area contributed by atoms with Crippen molar-refractivity contribution in [3.63, 3.8) is 0 Å². The Morgan fingerprint density at radius 3 is 3.00 bits per heavy atom. The van der Waals surface area contributed by atoms with Gasteiger partial charge in [-0.2, -0.15) is 0 Å². The minimum absolute atomic E-state index is 0.182. The second kappa shape index (κ2) is 4.96. The Labute approximate surface area is 88.1 Å². The lowest BCUT2D eigenvalue weighted by Crippen LogP contribution is -2.08. The first-order valence-electron chi connectivity index (χ1n) is 4.40. The van der Waals surface area contributed by atoms with Crippen LogP contribution in [0.25, 0.3) is 0 Å². The molecule has 0 N–H and O–H groups in total. The Bertz CT molecular complexity index is 339. The maximum Gasteiger partial charge on any atom is 0.310 e. The second-order valence-corrected chi connectivity index (χ2v) is 3.30. The molecule has 0 spiro atoms. The summed E-state index contributed by atoms with van der Waals surface area (Å²) in [4.78, 5) is 15.1. The first-order chi connectivity index (χ1) is 6.63. The van der Waals surface area contributed by atoms with Crippen LogP contribution in [0.4, 0.5) is 0 Å². The SMILES string of the molecule is CCOC(=O)Cc1cc(C)cnc1Cl. The van der Waals surface area contributed by atoms with Crippen LogP contribution in [0.3, 0.4) is 0 Å². The molecule has 3 nitrogen and oxygen atoms in total. The lowest BCUT2D eigenvalue weighted by atomic mass is 10.2. The molecule has 0 fully saturated rings. The zero-order valence-corrected chi connectivity index (χ0v) is 8.97. The van der Waals surface area contributed by atoms with Gasteiger partial charge >= 0.3 is 5.97 Å². The summed E-state index contributed by atoms with van der Waals surface area (Å²) >= 11 is 5.82. The van der Waals surface area contributed by atoms with E-state index in [1.807, 2.05) is 13.0 Å². The average molecular weight is 214 g/mol. The Hall–Kier alpha value is -1.09. The first kappa shape index (κ1) is 11.0. The molecule has 0 radical (unpaired) electrons. The van der Waals surface area contributed by atoms with E-state index >= 15 is 0 Å². The topological polar surface area (TPSA) is 39.2 Å². The van der Waals surface area contributed by atoms with Crippen molar-refractivity contribution in [2.24, 2.45) is 0 Å². The molecule has 1 heterocycles. The highest BCUT2D eigenvalue weighted by molar-refractivity contribution is 6.30. The molecule has 0 aromatic carbocycles. The molecule has 4 heteroatoms. The average Bonchev–Trinajstić information content (AvgIpc) is 2.12. The zero-order chi connectivity index (χ0) is 10.6. The van der Waals surface area contributed by atoms with Crippen molar-refractivity contribution < 1.29 is 9.53 Å². The van der Waals surface area contributed by atoms with Crippen molar-refractivity contribution in [2.75, 3.05) is 6.61 Å². The van der Waals surface area contributed by atoms with E-state index in [1.54, 1.807) is 13.1 Å². The quantitative estimate of drug-likeness (QED) is 0.571. The van der Waals surface area contributed by atoms with Gasteiger partial charge in [0.05, 0.1) is 13.0 Å². The molecule has 0 aliphatic carbocycles. The predicted octanol–water partition coefficient (Wildman–Crippen LogP) is 2.15. The smallest absolute Gasteiger partial charge is 0.310 e. The molecule has 0 aliphatic rings. The summed E-state index contributed by atoms with van der Waals surface area (Å²) in [7, 11) is 0. The Balaban J connectivity index is 2.75. The zero-order valence-electron chi connectivity index (χ0n) is 8.21. The van der Waals surface area contributed by atoms with E-state index in [9.17, 15) is 4.79 Å². The molecule has 0 saturated heterocycles. The van der Waals surface area contributed by atoms with Gasteiger partial charge in [0.1, 0.15) is 5.15 Å². The fourth-order valence-electron chi connectivity index (χ4n) is 1.10. The van der Waals surface area contributed by atoms with Crippen molar-refractivity contribution in [1.29, 1.82) is 0 Å². The van der Waals surface area contributed by atoms with E-state index in [0.717, 1.165) is 5.56 Å². The number of ether oxygens (including phenoxy) is 1. The highest BCUT2D eigenvalue weighted by Gasteiger charge is 2.08. The van der Waals surface area contributed by atoms with Crippen LogP contribution in [0.2, 0.25) is 5.15 Å². The molecule has 0 unspecified atom stereocenters.